The van der Waals surface area contributed by atoms with Gasteiger partial charge in [0.2, 0.25) is 0 Å². The Labute approximate surface area is 143 Å². The molecule has 23 heavy (non-hydrogen) atoms. The van der Waals surface area contributed by atoms with Gasteiger partial charge in [0.1, 0.15) is 5.75 Å². The van der Waals surface area contributed by atoms with Gasteiger partial charge < -0.3 is 4.74 Å². The summed E-state index contributed by atoms with van der Waals surface area (Å²) in [7, 11) is 1.70. The third-order valence-electron chi connectivity index (χ3n) is 4.92. The number of halogens is 1. The minimum Gasteiger partial charge on any atom is -0.497 e. The molecular weight excluding hydrogens is 304 g/mol. The highest BCUT2D eigenvalue weighted by Crippen LogP contribution is 2.37. The van der Waals surface area contributed by atoms with E-state index in [4.69, 9.17) is 16.3 Å². The van der Waals surface area contributed by atoms with Gasteiger partial charge in [0.25, 0.3) is 0 Å². The lowest BCUT2D eigenvalue weighted by molar-refractivity contribution is 0.376. The molecular formula is C21H23ClO. The second-order valence-corrected chi connectivity index (χ2v) is 6.53. The van der Waals surface area contributed by atoms with Crippen molar-refractivity contribution in [3.8, 4) is 16.9 Å². The van der Waals surface area contributed by atoms with Crippen LogP contribution in [-0.2, 0) is 0 Å². The van der Waals surface area contributed by atoms with Gasteiger partial charge in [-0.2, -0.15) is 0 Å². The molecule has 0 aliphatic heterocycles. The van der Waals surface area contributed by atoms with Gasteiger partial charge in [0.05, 0.1) is 7.11 Å². The van der Waals surface area contributed by atoms with E-state index in [2.05, 4.69) is 42.5 Å². The zero-order chi connectivity index (χ0) is 16.1. The van der Waals surface area contributed by atoms with Crippen molar-refractivity contribution in [1.29, 1.82) is 0 Å². The molecule has 0 bridgehead atoms. The highest BCUT2D eigenvalue weighted by atomic mass is 35.5. The van der Waals surface area contributed by atoms with Gasteiger partial charge in [-0.15, -0.1) is 0 Å². The second kappa shape index (κ2) is 7.70. The Balaban J connectivity index is 1.67. The maximum absolute atomic E-state index is 5.69. The summed E-state index contributed by atoms with van der Waals surface area (Å²) in [5.74, 6) is 2.26. The lowest BCUT2D eigenvalue weighted by Gasteiger charge is -2.27. The summed E-state index contributed by atoms with van der Waals surface area (Å²) in [6, 6.07) is 17.3. The van der Waals surface area contributed by atoms with Crippen LogP contribution >= 0.6 is 11.6 Å². The van der Waals surface area contributed by atoms with Crippen LogP contribution in [0.25, 0.3) is 11.1 Å². The van der Waals surface area contributed by atoms with Crippen LogP contribution in [0, 0.1) is 5.92 Å². The van der Waals surface area contributed by atoms with Crippen molar-refractivity contribution in [1.82, 2.24) is 0 Å². The van der Waals surface area contributed by atoms with Gasteiger partial charge in [-0.25, -0.2) is 0 Å². The first-order valence-electron chi connectivity index (χ1n) is 8.31. The van der Waals surface area contributed by atoms with Gasteiger partial charge in [0, 0.05) is 5.54 Å². The molecule has 0 radical (unpaired) electrons. The topological polar surface area (TPSA) is 9.23 Å². The third-order valence-corrected chi connectivity index (χ3v) is 5.07. The molecule has 0 saturated heterocycles. The van der Waals surface area contributed by atoms with Gasteiger partial charge >= 0.3 is 0 Å². The standard InChI is InChI=1S/C21H23ClO/c1-23-21-12-10-20(11-13-21)19-8-6-18(7-9-19)17-4-2-16(3-5-17)14-15-22/h6-17H,2-5H2,1H3/b15-14+/t16-,17-. The molecule has 2 aromatic rings. The fourth-order valence-corrected chi connectivity index (χ4v) is 3.68. The Hall–Kier alpha value is -1.73. The Morgan fingerprint density at radius 3 is 1.96 bits per heavy atom. The van der Waals surface area contributed by atoms with Crippen molar-refractivity contribution in [2.75, 3.05) is 7.11 Å². The normalized spacial score (nSPS) is 21.5. The maximum atomic E-state index is 5.69. The molecule has 120 valence electrons. The van der Waals surface area contributed by atoms with Crippen molar-refractivity contribution in [2.24, 2.45) is 5.92 Å². The van der Waals surface area contributed by atoms with E-state index in [1.54, 1.807) is 12.6 Å². The van der Waals surface area contributed by atoms with Crippen molar-refractivity contribution >= 4 is 11.6 Å². The minimum atomic E-state index is 0.669. The summed E-state index contributed by atoms with van der Waals surface area (Å²) in [5, 5.41) is 0. The van der Waals surface area contributed by atoms with Crippen LogP contribution in [0.4, 0.5) is 0 Å². The molecule has 3 rings (SSSR count). The molecule has 0 heterocycles. The number of methoxy groups -OCH3 is 1. The molecule has 1 aliphatic carbocycles. The summed E-state index contributed by atoms with van der Waals surface area (Å²) >= 11 is 5.69. The Bertz CT molecular complexity index is 635. The lowest BCUT2D eigenvalue weighted by atomic mass is 9.78. The summed E-state index contributed by atoms with van der Waals surface area (Å²) in [6.45, 7) is 0. The van der Waals surface area contributed by atoms with Gasteiger partial charge in [-0.1, -0.05) is 54.1 Å². The first kappa shape index (κ1) is 16.1. The summed E-state index contributed by atoms with van der Waals surface area (Å²) in [6.07, 6.45) is 7.15. The van der Waals surface area contributed by atoms with E-state index in [1.807, 2.05) is 12.1 Å². The Morgan fingerprint density at radius 1 is 0.870 bits per heavy atom. The molecule has 0 atom stereocenters. The molecule has 1 aliphatic rings. The quantitative estimate of drug-likeness (QED) is 0.632. The number of allylic oxidation sites excluding steroid dienone is 1. The molecule has 0 amide bonds. The van der Waals surface area contributed by atoms with Crippen LogP contribution in [0.2, 0.25) is 0 Å². The van der Waals surface area contributed by atoms with Crippen molar-refractivity contribution in [3.63, 3.8) is 0 Å². The summed E-state index contributed by atoms with van der Waals surface area (Å²) in [5.41, 5.74) is 5.63. The first-order valence-corrected chi connectivity index (χ1v) is 8.75. The number of ether oxygens (including phenoxy) is 1. The molecule has 1 nitrogen and oxygen atoms in total. The SMILES string of the molecule is COc1ccc(-c2ccc([C@H]3CC[C@H](/C=C/Cl)CC3)cc2)cc1. The monoisotopic (exact) mass is 326 g/mol. The van der Waals surface area contributed by atoms with Gasteiger partial charge in [-0.05, 0) is 66.3 Å². The van der Waals surface area contributed by atoms with Crippen LogP contribution in [0.1, 0.15) is 37.2 Å². The van der Waals surface area contributed by atoms with E-state index in [-0.39, 0.29) is 0 Å². The minimum absolute atomic E-state index is 0.669. The number of rotatable bonds is 4. The van der Waals surface area contributed by atoms with E-state index in [0.717, 1.165) is 5.75 Å². The highest BCUT2D eigenvalue weighted by molar-refractivity contribution is 6.25. The lowest BCUT2D eigenvalue weighted by Crippen LogP contribution is -2.11. The average Bonchev–Trinajstić information content (AvgIpc) is 2.63. The zero-order valence-electron chi connectivity index (χ0n) is 13.5. The van der Waals surface area contributed by atoms with Crippen molar-refractivity contribution in [2.45, 2.75) is 31.6 Å². The largest absolute Gasteiger partial charge is 0.497 e. The summed E-state index contributed by atoms with van der Waals surface area (Å²) < 4.78 is 5.22. The highest BCUT2D eigenvalue weighted by Gasteiger charge is 2.20. The van der Waals surface area contributed by atoms with Crippen molar-refractivity contribution < 1.29 is 4.74 Å². The fraction of sp³-hybridized carbons (Fsp3) is 0.333. The van der Waals surface area contributed by atoms with E-state index >= 15 is 0 Å². The summed E-state index contributed by atoms with van der Waals surface area (Å²) in [4.78, 5) is 0. The molecule has 2 aromatic carbocycles. The fourth-order valence-electron chi connectivity index (χ4n) is 3.48. The van der Waals surface area contributed by atoms with Crippen LogP contribution in [0.15, 0.2) is 60.1 Å². The predicted octanol–water partition coefficient (Wildman–Crippen LogP) is 6.39. The van der Waals surface area contributed by atoms with Crippen molar-refractivity contribution in [3.05, 3.63) is 65.7 Å². The number of benzene rings is 2. The molecule has 0 unspecified atom stereocenters. The molecule has 0 aromatic heterocycles. The Kier molecular flexibility index (Phi) is 5.40. The van der Waals surface area contributed by atoms with Crippen LogP contribution in [-0.4, -0.2) is 7.11 Å². The number of hydrogen-bond acceptors (Lipinski definition) is 1. The first-order chi connectivity index (χ1) is 11.3. The van der Waals surface area contributed by atoms with Gasteiger partial charge in [-0.3, -0.25) is 0 Å². The van der Waals surface area contributed by atoms with Crippen LogP contribution in [0.3, 0.4) is 0 Å². The van der Waals surface area contributed by atoms with E-state index in [0.29, 0.717) is 11.8 Å². The predicted molar refractivity (Wildman–Crippen MR) is 98.1 cm³/mol. The van der Waals surface area contributed by atoms with E-state index in [1.165, 1.54) is 42.4 Å². The molecule has 0 spiro atoms. The smallest absolute Gasteiger partial charge is 0.118 e. The average molecular weight is 327 g/mol. The number of hydrogen-bond donors (Lipinski definition) is 0. The molecule has 2 heteroatoms. The van der Waals surface area contributed by atoms with Crippen LogP contribution < -0.4 is 4.74 Å². The van der Waals surface area contributed by atoms with Crippen LogP contribution in [0.5, 0.6) is 5.75 Å². The van der Waals surface area contributed by atoms with E-state index < -0.39 is 0 Å². The third kappa shape index (κ3) is 3.97. The zero-order valence-corrected chi connectivity index (χ0v) is 14.3. The van der Waals surface area contributed by atoms with E-state index in [9.17, 15) is 0 Å². The molecule has 1 fully saturated rings. The second-order valence-electron chi connectivity index (χ2n) is 6.28. The molecule has 1 saturated carbocycles. The van der Waals surface area contributed by atoms with Gasteiger partial charge in [0.15, 0.2) is 0 Å². The maximum Gasteiger partial charge on any atom is 0.118 e. The Morgan fingerprint density at radius 2 is 1.43 bits per heavy atom. The molecule has 0 N–H and O–H groups in total.